The van der Waals surface area contributed by atoms with Gasteiger partial charge in [-0.25, -0.2) is 0 Å². The molecule has 1 aromatic rings. The van der Waals surface area contributed by atoms with Gasteiger partial charge in [0.1, 0.15) is 5.75 Å². The first-order chi connectivity index (χ1) is 9.15. The minimum atomic E-state index is 0.349. The topological polar surface area (TPSA) is 21.3 Å². The zero-order valence-electron chi connectivity index (χ0n) is 12.9. The Morgan fingerprint density at radius 1 is 1.16 bits per heavy atom. The maximum Gasteiger partial charge on any atom is 0.124 e. The second-order valence-corrected chi connectivity index (χ2v) is 5.60. The number of hydrogen-bond acceptors (Lipinski definition) is 2. The van der Waals surface area contributed by atoms with Crippen LogP contribution in [0.1, 0.15) is 58.6 Å². The summed E-state index contributed by atoms with van der Waals surface area (Å²) in [7, 11) is 0. The van der Waals surface area contributed by atoms with Crippen molar-refractivity contribution in [3.05, 3.63) is 29.8 Å². The summed E-state index contributed by atoms with van der Waals surface area (Å²) < 4.78 is 5.94. The average molecular weight is 263 g/mol. The van der Waals surface area contributed by atoms with Crippen molar-refractivity contribution in [2.24, 2.45) is 5.92 Å². The summed E-state index contributed by atoms with van der Waals surface area (Å²) in [5.41, 5.74) is 1.27. The van der Waals surface area contributed by atoms with E-state index in [2.05, 4.69) is 51.2 Å². The van der Waals surface area contributed by atoms with Gasteiger partial charge in [0.15, 0.2) is 0 Å². The average Bonchev–Trinajstić information content (AvgIpc) is 2.39. The van der Waals surface area contributed by atoms with Crippen molar-refractivity contribution in [2.45, 2.75) is 53.0 Å². The molecular formula is C17H29NO. The maximum atomic E-state index is 5.94. The Morgan fingerprint density at radius 3 is 2.58 bits per heavy atom. The lowest BCUT2D eigenvalue weighted by atomic mass is 10.1. The standard InChI is InChI=1S/C17H29NO/c1-5-6-12-18-15(4)16-9-7-8-10-17(16)19-13-11-14(2)3/h7-10,14-15,18H,5-6,11-13H2,1-4H3. The van der Waals surface area contributed by atoms with Crippen LogP contribution in [0.3, 0.4) is 0 Å². The van der Waals surface area contributed by atoms with Crippen molar-refractivity contribution in [3.8, 4) is 5.75 Å². The fourth-order valence-corrected chi connectivity index (χ4v) is 1.98. The van der Waals surface area contributed by atoms with E-state index in [1.165, 1.54) is 18.4 Å². The van der Waals surface area contributed by atoms with Gasteiger partial charge in [0.25, 0.3) is 0 Å². The molecule has 0 amide bonds. The van der Waals surface area contributed by atoms with E-state index < -0.39 is 0 Å². The van der Waals surface area contributed by atoms with Gasteiger partial charge in [-0.15, -0.1) is 0 Å². The molecule has 0 radical (unpaired) electrons. The number of hydrogen-bond donors (Lipinski definition) is 1. The molecular weight excluding hydrogens is 234 g/mol. The predicted octanol–water partition coefficient (Wildman–Crippen LogP) is 4.56. The molecule has 19 heavy (non-hydrogen) atoms. The molecule has 0 spiro atoms. The second kappa shape index (κ2) is 8.98. The fraction of sp³-hybridized carbons (Fsp3) is 0.647. The van der Waals surface area contributed by atoms with Crippen LogP contribution in [-0.4, -0.2) is 13.2 Å². The molecule has 1 N–H and O–H groups in total. The molecule has 0 bridgehead atoms. The van der Waals surface area contributed by atoms with Gasteiger partial charge >= 0.3 is 0 Å². The zero-order chi connectivity index (χ0) is 14.1. The van der Waals surface area contributed by atoms with Gasteiger partial charge in [-0.2, -0.15) is 0 Å². The Morgan fingerprint density at radius 2 is 1.89 bits per heavy atom. The molecule has 2 heteroatoms. The Bertz CT molecular complexity index is 349. The maximum absolute atomic E-state index is 5.94. The quantitative estimate of drug-likeness (QED) is 0.659. The third kappa shape index (κ3) is 6.11. The van der Waals surface area contributed by atoms with Crippen molar-refractivity contribution in [2.75, 3.05) is 13.2 Å². The highest BCUT2D eigenvalue weighted by Gasteiger charge is 2.10. The highest BCUT2D eigenvalue weighted by molar-refractivity contribution is 5.35. The van der Waals surface area contributed by atoms with Crippen LogP contribution in [0.15, 0.2) is 24.3 Å². The molecule has 0 fully saturated rings. The van der Waals surface area contributed by atoms with Crippen LogP contribution in [0.5, 0.6) is 5.75 Å². The SMILES string of the molecule is CCCCNC(C)c1ccccc1OCCC(C)C. The molecule has 0 aliphatic carbocycles. The van der Waals surface area contributed by atoms with Gasteiger partial charge in [0.2, 0.25) is 0 Å². The van der Waals surface area contributed by atoms with Crippen molar-refractivity contribution in [1.82, 2.24) is 5.32 Å². The van der Waals surface area contributed by atoms with Crippen LogP contribution in [-0.2, 0) is 0 Å². The second-order valence-electron chi connectivity index (χ2n) is 5.60. The van der Waals surface area contributed by atoms with E-state index in [0.29, 0.717) is 12.0 Å². The lowest BCUT2D eigenvalue weighted by Crippen LogP contribution is -2.20. The molecule has 0 heterocycles. The molecule has 1 aromatic carbocycles. The summed E-state index contributed by atoms with van der Waals surface area (Å²) >= 11 is 0. The van der Waals surface area contributed by atoms with Gasteiger partial charge < -0.3 is 10.1 Å². The third-order valence-electron chi connectivity index (χ3n) is 3.32. The largest absolute Gasteiger partial charge is 0.493 e. The number of para-hydroxylation sites is 1. The summed E-state index contributed by atoms with van der Waals surface area (Å²) in [6, 6.07) is 8.72. The molecule has 0 saturated carbocycles. The lowest BCUT2D eigenvalue weighted by molar-refractivity contribution is 0.284. The highest BCUT2D eigenvalue weighted by Crippen LogP contribution is 2.25. The first-order valence-corrected chi connectivity index (χ1v) is 7.60. The first-order valence-electron chi connectivity index (χ1n) is 7.60. The number of nitrogens with one attached hydrogen (secondary N) is 1. The predicted molar refractivity (Wildman–Crippen MR) is 82.7 cm³/mol. The highest BCUT2D eigenvalue weighted by atomic mass is 16.5. The van der Waals surface area contributed by atoms with Crippen molar-refractivity contribution in [1.29, 1.82) is 0 Å². The Hall–Kier alpha value is -1.02. The number of ether oxygens (including phenoxy) is 1. The molecule has 0 aromatic heterocycles. The fourth-order valence-electron chi connectivity index (χ4n) is 1.98. The minimum absolute atomic E-state index is 0.349. The monoisotopic (exact) mass is 263 g/mol. The van der Waals surface area contributed by atoms with Crippen LogP contribution in [0.4, 0.5) is 0 Å². The summed E-state index contributed by atoms with van der Waals surface area (Å²) in [6.07, 6.45) is 3.55. The summed E-state index contributed by atoms with van der Waals surface area (Å²) in [6.45, 7) is 10.7. The van der Waals surface area contributed by atoms with Gasteiger partial charge in [-0.05, 0) is 38.3 Å². The van der Waals surface area contributed by atoms with Crippen LogP contribution < -0.4 is 10.1 Å². The van der Waals surface area contributed by atoms with Crippen molar-refractivity contribution < 1.29 is 4.74 Å². The lowest BCUT2D eigenvalue weighted by Gasteiger charge is -2.18. The van der Waals surface area contributed by atoms with Gasteiger partial charge in [-0.1, -0.05) is 45.4 Å². The third-order valence-corrected chi connectivity index (χ3v) is 3.32. The van der Waals surface area contributed by atoms with Crippen LogP contribution in [0.25, 0.3) is 0 Å². The Kier molecular flexibility index (Phi) is 7.57. The van der Waals surface area contributed by atoms with E-state index >= 15 is 0 Å². The molecule has 0 aliphatic rings. The van der Waals surface area contributed by atoms with E-state index in [-0.39, 0.29) is 0 Å². The Labute approximate surface area is 118 Å². The molecule has 1 unspecified atom stereocenters. The van der Waals surface area contributed by atoms with E-state index in [1.54, 1.807) is 0 Å². The summed E-state index contributed by atoms with van der Waals surface area (Å²) in [5.74, 6) is 1.71. The van der Waals surface area contributed by atoms with E-state index in [4.69, 9.17) is 4.74 Å². The van der Waals surface area contributed by atoms with Gasteiger partial charge in [0, 0.05) is 11.6 Å². The van der Waals surface area contributed by atoms with Crippen LogP contribution in [0, 0.1) is 5.92 Å². The summed E-state index contributed by atoms with van der Waals surface area (Å²) in [5, 5.41) is 3.56. The van der Waals surface area contributed by atoms with E-state index in [1.807, 2.05) is 6.07 Å². The molecule has 0 aliphatic heterocycles. The summed E-state index contributed by atoms with van der Waals surface area (Å²) in [4.78, 5) is 0. The molecule has 1 atom stereocenters. The van der Waals surface area contributed by atoms with Crippen LogP contribution >= 0.6 is 0 Å². The Balaban J connectivity index is 2.56. The molecule has 0 saturated heterocycles. The van der Waals surface area contributed by atoms with Crippen molar-refractivity contribution >= 4 is 0 Å². The number of benzene rings is 1. The van der Waals surface area contributed by atoms with Crippen molar-refractivity contribution in [3.63, 3.8) is 0 Å². The van der Waals surface area contributed by atoms with Gasteiger partial charge in [-0.3, -0.25) is 0 Å². The number of unbranched alkanes of at least 4 members (excludes halogenated alkanes) is 1. The smallest absolute Gasteiger partial charge is 0.124 e. The first kappa shape index (κ1) is 16.0. The number of rotatable bonds is 9. The van der Waals surface area contributed by atoms with Gasteiger partial charge in [0.05, 0.1) is 6.61 Å². The molecule has 2 nitrogen and oxygen atoms in total. The van der Waals surface area contributed by atoms with E-state index in [9.17, 15) is 0 Å². The molecule has 108 valence electrons. The van der Waals surface area contributed by atoms with E-state index in [0.717, 1.165) is 25.3 Å². The normalized spacial score (nSPS) is 12.7. The molecule has 1 rings (SSSR count). The van der Waals surface area contributed by atoms with Crippen LogP contribution in [0.2, 0.25) is 0 Å². The minimum Gasteiger partial charge on any atom is -0.493 e. The zero-order valence-corrected chi connectivity index (χ0v) is 12.9.